The van der Waals surface area contributed by atoms with Crippen LogP contribution in [0.1, 0.15) is 29.2 Å². The number of benzene rings is 1. The van der Waals surface area contributed by atoms with Crippen molar-refractivity contribution in [2.75, 3.05) is 13.2 Å². The summed E-state index contributed by atoms with van der Waals surface area (Å²) in [5, 5.41) is 7.68. The summed E-state index contributed by atoms with van der Waals surface area (Å²) in [5.74, 6) is 1.47. The summed E-state index contributed by atoms with van der Waals surface area (Å²) < 4.78 is 13.4. The van der Waals surface area contributed by atoms with Crippen molar-refractivity contribution in [3.63, 3.8) is 0 Å². The van der Waals surface area contributed by atoms with Crippen molar-refractivity contribution >= 4 is 11.3 Å². The number of nitrogens with zero attached hydrogens (tertiary/aromatic N) is 4. The number of hydrogen-bond donors (Lipinski definition) is 0. The van der Waals surface area contributed by atoms with Gasteiger partial charge in [0, 0.05) is 12.0 Å². The van der Waals surface area contributed by atoms with Crippen molar-refractivity contribution in [1.82, 2.24) is 19.7 Å². The van der Waals surface area contributed by atoms with Crippen LogP contribution in [0.25, 0.3) is 11.5 Å². The number of rotatable bonds is 7. The molecule has 1 aromatic carbocycles. The van der Waals surface area contributed by atoms with Crippen LogP contribution in [0, 0.1) is 6.92 Å². The van der Waals surface area contributed by atoms with Crippen molar-refractivity contribution in [2.45, 2.75) is 39.0 Å². The lowest BCUT2D eigenvalue weighted by molar-refractivity contribution is 0.00772. The molecule has 1 saturated heterocycles. The van der Waals surface area contributed by atoms with E-state index in [1.807, 2.05) is 35.2 Å². The summed E-state index contributed by atoms with van der Waals surface area (Å²) in [6.45, 7) is 4.51. The third kappa shape index (κ3) is 4.17. The highest BCUT2D eigenvalue weighted by Gasteiger charge is 2.18. The molecule has 1 aliphatic rings. The largest absolute Gasteiger partial charge is 0.376 e. The molecule has 0 aliphatic carbocycles. The Kier molecular flexibility index (Phi) is 5.38. The normalized spacial score (nSPS) is 17.0. The van der Waals surface area contributed by atoms with Gasteiger partial charge < -0.3 is 9.47 Å². The van der Waals surface area contributed by atoms with Gasteiger partial charge in [-0.05, 0) is 25.3 Å². The van der Waals surface area contributed by atoms with Gasteiger partial charge in [0.15, 0.2) is 5.82 Å². The van der Waals surface area contributed by atoms with Gasteiger partial charge in [-0.1, -0.05) is 30.3 Å². The Balaban J connectivity index is 1.52. The molecule has 0 unspecified atom stereocenters. The molecule has 3 heterocycles. The Morgan fingerprint density at radius 1 is 1.27 bits per heavy atom. The van der Waals surface area contributed by atoms with E-state index in [-0.39, 0.29) is 6.10 Å². The van der Waals surface area contributed by atoms with Gasteiger partial charge in [-0.15, -0.1) is 16.4 Å². The molecule has 3 aromatic rings. The van der Waals surface area contributed by atoms with Gasteiger partial charge in [-0.25, -0.2) is 14.6 Å². The molecule has 7 heteroatoms. The maximum Gasteiger partial charge on any atom is 0.200 e. The first kappa shape index (κ1) is 17.3. The second-order valence-corrected chi connectivity index (χ2v) is 7.46. The average Bonchev–Trinajstić information content (AvgIpc) is 3.38. The Morgan fingerprint density at radius 3 is 2.88 bits per heavy atom. The molecule has 0 amide bonds. The van der Waals surface area contributed by atoms with Crippen molar-refractivity contribution in [1.29, 1.82) is 0 Å². The summed E-state index contributed by atoms with van der Waals surface area (Å²) >= 11 is 1.60. The van der Waals surface area contributed by atoms with Crippen LogP contribution in [0.2, 0.25) is 0 Å². The fraction of sp³-hybridized carbons (Fsp3) is 0.421. The molecule has 4 rings (SSSR count). The third-order valence-corrected chi connectivity index (χ3v) is 5.10. The lowest BCUT2D eigenvalue weighted by Gasteiger charge is -2.10. The van der Waals surface area contributed by atoms with E-state index in [1.54, 1.807) is 11.3 Å². The number of hydrogen-bond acceptors (Lipinski definition) is 6. The lowest BCUT2D eigenvalue weighted by atomic mass is 10.2. The van der Waals surface area contributed by atoms with E-state index in [4.69, 9.17) is 9.47 Å². The number of thiazole rings is 1. The Bertz CT molecular complexity index is 840. The van der Waals surface area contributed by atoms with E-state index >= 15 is 0 Å². The molecule has 0 saturated carbocycles. The smallest absolute Gasteiger partial charge is 0.200 e. The highest BCUT2D eigenvalue weighted by molar-refractivity contribution is 7.09. The quantitative estimate of drug-likeness (QED) is 0.637. The van der Waals surface area contributed by atoms with E-state index in [1.165, 1.54) is 5.56 Å². The molecule has 1 atom stereocenters. The van der Waals surface area contributed by atoms with E-state index in [0.29, 0.717) is 25.6 Å². The summed E-state index contributed by atoms with van der Waals surface area (Å²) in [6.07, 6.45) is 2.40. The first-order valence-corrected chi connectivity index (χ1v) is 9.75. The van der Waals surface area contributed by atoms with Gasteiger partial charge in [0.1, 0.15) is 12.3 Å². The SMILES string of the molecule is Cc1nc(-c2nc(COC[C@H]3CCCO3)n(Cc3ccccc3)n2)cs1. The summed E-state index contributed by atoms with van der Waals surface area (Å²) in [5.41, 5.74) is 2.00. The van der Waals surface area contributed by atoms with E-state index < -0.39 is 0 Å². The number of aryl methyl sites for hydroxylation is 1. The van der Waals surface area contributed by atoms with Crippen molar-refractivity contribution in [3.8, 4) is 11.5 Å². The van der Waals surface area contributed by atoms with Crippen LogP contribution in [0.3, 0.4) is 0 Å². The van der Waals surface area contributed by atoms with Crippen LogP contribution in [0.15, 0.2) is 35.7 Å². The third-order valence-electron chi connectivity index (χ3n) is 4.33. The molecule has 0 bridgehead atoms. The molecular weight excluding hydrogens is 348 g/mol. The van der Waals surface area contributed by atoms with Crippen molar-refractivity contribution in [2.24, 2.45) is 0 Å². The van der Waals surface area contributed by atoms with Gasteiger partial charge in [-0.3, -0.25) is 0 Å². The second kappa shape index (κ2) is 8.07. The topological polar surface area (TPSA) is 62.1 Å². The summed E-state index contributed by atoms with van der Waals surface area (Å²) in [7, 11) is 0. The minimum atomic E-state index is 0.209. The Labute approximate surface area is 156 Å². The maximum absolute atomic E-state index is 5.87. The van der Waals surface area contributed by atoms with Crippen molar-refractivity contribution < 1.29 is 9.47 Å². The molecule has 0 radical (unpaired) electrons. The van der Waals surface area contributed by atoms with Gasteiger partial charge in [0.05, 0.1) is 24.3 Å². The van der Waals surface area contributed by atoms with Gasteiger partial charge in [0.25, 0.3) is 0 Å². The molecule has 1 fully saturated rings. The minimum Gasteiger partial charge on any atom is -0.376 e. The standard InChI is InChI=1S/C19H22N4O2S/c1-14-20-17(13-26-14)19-21-18(12-24-11-16-8-5-9-25-16)23(22-19)10-15-6-3-2-4-7-15/h2-4,6-7,13,16H,5,8-12H2,1H3/t16-/m1/s1. The lowest BCUT2D eigenvalue weighted by Crippen LogP contribution is -2.15. The molecule has 0 spiro atoms. The maximum atomic E-state index is 5.87. The Hall–Kier alpha value is -2.09. The van der Waals surface area contributed by atoms with Gasteiger partial charge in [-0.2, -0.15) is 0 Å². The first-order chi connectivity index (χ1) is 12.8. The van der Waals surface area contributed by atoms with E-state index in [9.17, 15) is 0 Å². The minimum absolute atomic E-state index is 0.209. The molecule has 2 aromatic heterocycles. The molecule has 0 N–H and O–H groups in total. The average molecular weight is 370 g/mol. The second-order valence-electron chi connectivity index (χ2n) is 6.40. The zero-order chi connectivity index (χ0) is 17.8. The Morgan fingerprint density at radius 2 is 2.15 bits per heavy atom. The zero-order valence-electron chi connectivity index (χ0n) is 14.8. The van der Waals surface area contributed by atoms with Crippen LogP contribution in [-0.4, -0.2) is 39.1 Å². The number of ether oxygens (including phenoxy) is 2. The fourth-order valence-electron chi connectivity index (χ4n) is 3.00. The highest BCUT2D eigenvalue weighted by atomic mass is 32.1. The summed E-state index contributed by atoms with van der Waals surface area (Å²) in [6, 6.07) is 10.3. The highest BCUT2D eigenvalue weighted by Crippen LogP contribution is 2.20. The first-order valence-electron chi connectivity index (χ1n) is 8.87. The van der Waals surface area contributed by atoms with E-state index in [2.05, 4.69) is 27.2 Å². The monoisotopic (exact) mass is 370 g/mol. The number of aromatic nitrogens is 4. The molecule has 136 valence electrons. The molecule has 1 aliphatic heterocycles. The van der Waals surface area contributed by atoms with Gasteiger partial charge >= 0.3 is 0 Å². The molecule has 26 heavy (non-hydrogen) atoms. The predicted molar refractivity (Wildman–Crippen MR) is 100 cm³/mol. The predicted octanol–water partition coefficient (Wildman–Crippen LogP) is 3.45. The van der Waals surface area contributed by atoms with Crippen LogP contribution in [0.4, 0.5) is 0 Å². The van der Waals surface area contributed by atoms with Crippen LogP contribution in [-0.2, 0) is 22.6 Å². The van der Waals surface area contributed by atoms with Crippen LogP contribution in [0.5, 0.6) is 0 Å². The van der Waals surface area contributed by atoms with Crippen LogP contribution < -0.4 is 0 Å². The van der Waals surface area contributed by atoms with Gasteiger partial charge in [0.2, 0.25) is 5.82 Å². The zero-order valence-corrected chi connectivity index (χ0v) is 15.6. The van der Waals surface area contributed by atoms with Crippen molar-refractivity contribution in [3.05, 3.63) is 52.1 Å². The summed E-state index contributed by atoms with van der Waals surface area (Å²) in [4.78, 5) is 9.19. The molecular formula is C19H22N4O2S. The fourth-order valence-corrected chi connectivity index (χ4v) is 3.59. The van der Waals surface area contributed by atoms with Crippen LogP contribution >= 0.6 is 11.3 Å². The van der Waals surface area contributed by atoms with E-state index in [0.717, 1.165) is 36.0 Å². The molecule has 6 nitrogen and oxygen atoms in total.